The molecular formula is C34H35ClN2O5. The minimum Gasteiger partial charge on any atom is -0.496 e. The van der Waals surface area contributed by atoms with Crippen LogP contribution in [0, 0.1) is 0 Å². The molecule has 0 atom stereocenters. The number of carbonyl (C=O) groups is 1. The number of carboxylic acids is 1. The van der Waals surface area contributed by atoms with Gasteiger partial charge in [-0.2, -0.15) is 5.10 Å². The van der Waals surface area contributed by atoms with Gasteiger partial charge in [-0.25, -0.2) is 4.79 Å². The van der Waals surface area contributed by atoms with Gasteiger partial charge in [-0.1, -0.05) is 54.8 Å². The fourth-order valence-electron chi connectivity index (χ4n) is 5.29. The molecule has 1 aromatic heterocycles. The molecule has 2 heterocycles. The van der Waals surface area contributed by atoms with Gasteiger partial charge in [0, 0.05) is 45.8 Å². The Morgan fingerprint density at radius 3 is 2.76 bits per heavy atom. The Kier molecular flexibility index (Phi) is 9.18. The average molecular weight is 587 g/mol. The molecule has 3 aromatic carbocycles. The van der Waals surface area contributed by atoms with Crippen LogP contribution in [0.25, 0.3) is 17.3 Å². The number of unbranched alkanes of at least 4 members (excludes halogenated alkanes) is 1. The Hall–Kier alpha value is -4.23. The number of methoxy groups -OCH3 is 1. The van der Waals surface area contributed by atoms with E-state index in [1.807, 2.05) is 23.0 Å². The van der Waals surface area contributed by atoms with Gasteiger partial charge in [0.15, 0.2) is 0 Å². The maximum Gasteiger partial charge on any atom is 0.336 e. The number of carboxylic acid groups (broad SMARTS) is 1. The fraction of sp³-hybridized carbons (Fsp3) is 0.294. The largest absolute Gasteiger partial charge is 0.496 e. The van der Waals surface area contributed by atoms with Gasteiger partial charge in [0.25, 0.3) is 0 Å². The lowest BCUT2D eigenvalue weighted by atomic mass is 9.99. The second-order valence-electron chi connectivity index (χ2n) is 10.5. The van der Waals surface area contributed by atoms with Crippen LogP contribution in [0.1, 0.15) is 59.3 Å². The second-order valence-corrected chi connectivity index (χ2v) is 10.9. The summed E-state index contributed by atoms with van der Waals surface area (Å²) in [7, 11) is 1.70. The van der Waals surface area contributed by atoms with Crippen molar-refractivity contribution in [3.8, 4) is 28.5 Å². The van der Waals surface area contributed by atoms with Crippen molar-refractivity contribution in [3.05, 3.63) is 99.2 Å². The zero-order chi connectivity index (χ0) is 29.6. The number of aryl methyl sites for hydroxylation is 1. The van der Waals surface area contributed by atoms with Crippen molar-refractivity contribution in [3.63, 3.8) is 0 Å². The number of ether oxygens (including phenoxy) is 3. The highest BCUT2D eigenvalue weighted by Crippen LogP contribution is 2.38. The van der Waals surface area contributed by atoms with E-state index < -0.39 is 5.97 Å². The molecule has 0 saturated carbocycles. The summed E-state index contributed by atoms with van der Waals surface area (Å²) in [6.07, 6.45) is 7.62. The first-order chi connectivity index (χ1) is 20.4. The molecule has 0 fully saturated rings. The Balaban J connectivity index is 1.50. The van der Waals surface area contributed by atoms with E-state index in [0.29, 0.717) is 29.4 Å². The van der Waals surface area contributed by atoms with Gasteiger partial charge in [0.1, 0.15) is 23.9 Å². The van der Waals surface area contributed by atoms with Crippen LogP contribution >= 0.6 is 11.6 Å². The molecule has 42 heavy (non-hydrogen) atoms. The van der Waals surface area contributed by atoms with Gasteiger partial charge in [0.05, 0.1) is 31.2 Å². The third-order valence-corrected chi connectivity index (χ3v) is 7.62. The predicted octanol–water partition coefficient (Wildman–Crippen LogP) is 7.87. The zero-order valence-corrected chi connectivity index (χ0v) is 24.9. The molecule has 0 radical (unpaired) electrons. The third-order valence-electron chi connectivity index (χ3n) is 7.38. The van der Waals surface area contributed by atoms with E-state index in [1.54, 1.807) is 37.4 Å². The van der Waals surface area contributed by atoms with E-state index in [9.17, 15) is 9.90 Å². The number of benzene rings is 3. The van der Waals surface area contributed by atoms with E-state index >= 15 is 0 Å². The third kappa shape index (κ3) is 6.47. The number of rotatable bonds is 12. The van der Waals surface area contributed by atoms with E-state index in [1.165, 1.54) is 5.56 Å². The molecule has 4 aromatic rings. The molecule has 0 bridgehead atoms. The van der Waals surface area contributed by atoms with Crippen LogP contribution in [0.5, 0.6) is 17.2 Å². The molecule has 0 amide bonds. The SMILES string of the molecule is CCCCn1ncc(/C=C(\C)Cc2cc3c(cc2OC)CCO3)c1-c1ccc(Cl)cc1OCc1ccccc1C(=O)O. The minimum atomic E-state index is -0.993. The highest BCUT2D eigenvalue weighted by atomic mass is 35.5. The van der Waals surface area contributed by atoms with Gasteiger partial charge in [0.2, 0.25) is 0 Å². The molecule has 1 aliphatic heterocycles. The lowest BCUT2D eigenvalue weighted by Crippen LogP contribution is -2.07. The molecule has 0 spiro atoms. The first-order valence-corrected chi connectivity index (χ1v) is 14.5. The Morgan fingerprint density at radius 1 is 1.14 bits per heavy atom. The molecule has 1 aliphatic rings. The second kappa shape index (κ2) is 13.2. The summed E-state index contributed by atoms with van der Waals surface area (Å²) in [5, 5.41) is 14.9. The maximum atomic E-state index is 11.8. The summed E-state index contributed by atoms with van der Waals surface area (Å²) < 4.78 is 19.8. The molecule has 0 unspecified atom stereocenters. The summed E-state index contributed by atoms with van der Waals surface area (Å²) in [5.41, 5.74) is 6.89. The van der Waals surface area contributed by atoms with Crippen molar-refractivity contribution < 1.29 is 24.1 Å². The molecule has 1 N–H and O–H groups in total. The molecule has 7 nitrogen and oxygen atoms in total. The van der Waals surface area contributed by atoms with Crippen molar-refractivity contribution >= 4 is 23.6 Å². The van der Waals surface area contributed by atoms with Crippen LogP contribution in [0.4, 0.5) is 0 Å². The molecule has 0 aliphatic carbocycles. The first kappa shape index (κ1) is 29.3. The van der Waals surface area contributed by atoms with Gasteiger partial charge in [-0.3, -0.25) is 4.68 Å². The van der Waals surface area contributed by atoms with Gasteiger partial charge >= 0.3 is 5.97 Å². The number of hydrogen-bond donors (Lipinski definition) is 1. The zero-order valence-electron chi connectivity index (χ0n) is 24.2. The van der Waals surface area contributed by atoms with E-state index in [2.05, 4.69) is 32.1 Å². The minimum absolute atomic E-state index is 0.0866. The van der Waals surface area contributed by atoms with Crippen molar-refractivity contribution in [2.24, 2.45) is 0 Å². The van der Waals surface area contributed by atoms with Crippen LogP contribution in [0.3, 0.4) is 0 Å². The number of aromatic carboxylic acids is 1. The summed E-state index contributed by atoms with van der Waals surface area (Å²) in [6.45, 7) is 5.79. The highest BCUT2D eigenvalue weighted by Gasteiger charge is 2.20. The number of allylic oxidation sites excluding steroid dienone is 1. The topological polar surface area (TPSA) is 82.8 Å². The fourth-order valence-corrected chi connectivity index (χ4v) is 5.45. The lowest BCUT2D eigenvalue weighted by molar-refractivity contribution is 0.0694. The number of nitrogens with zero attached hydrogens (tertiary/aromatic N) is 2. The van der Waals surface area contributed by atoms with Gasteiger partial charge < -0.3 is 19.3 Å². The summed E-state index contributed by atoms with van der Waals surface area (Å²) in [5.74, 6) is 1.36. The van der Waals surface area contributed by atoms with E-state index in [-0.39, 0.29) is 12.2 Å². The number of fused-ring (bicyclic) bond motifs is 1. The van der Waals surface area contributed by atoms with Crippen LogP contribution in [0.2, 0.25) is 5.02 Å². The monoisotopic (exact) mass is 586 g/mol. The quantitative estimate of drug-likeness (QED) is 0.182. The van der Waals surface area contributed by atoms with Crippen LogP contribution < -0.4 is 14.2 Å². The standard InChI is InChI=1S/C34H35ClN2O5/c1-4-5-13-37-33(29-11-10-27(35)19-32(29)42-21-24-8-6-7-9-28(24)34(38)39)26(20-36-37)16-22(2)15-25-18-31-23(12-14-41-31)17-30(25)40-3/h6-11,16-20H,4-5,12-15,21H2,1-3H3,(H,38,39)/b22-16+. The maximum absolute atomic E-state index is 11.8. The summed E-state index contributed by atoms with van der Waals surface area (Å²) in [6, 6.07) is 16.6. The number of hydrogen-bond acceptors (Lipinski definition) is 5. The number of halogens is 1. The van der Waals surface area contributed by atoms with Gasteiger partial charge in [-0.05, 0) is 56.2 Å². The van der Waals surface area contributed by atoms with E-state index in [0.717, 1.165) is 65.3 Å². The average Bonchev–Trinajstić information content (AvgIpc) is 3.60. The molecular weight excluding hydrogens is 552 g/mol. The van der Waals surface area contributed by atoms with Crippen LogP contribution in [0.15, 0.2) is 66.4 Å². The highest BCUT2D eigenvalue weighted by molar-refractivity contribution is 6.30. The lowest BCUT2D eigenvalue weighted by Gasteiger charge is -2.16. The predicted molar refractivity (Wildman–Crippen MR) is 165 cm³/mol. The molecule has 5 rings (SSSR count). The van der Waals surface area contributed by atoms with Crippen molar-refractivity contribution in [1.29, 1.82) is 0 Å². The normalized spacial score (nSPS) is 12.6. The summed E-state index contributed by atoms with van der Waals surface area (Å²) >= 11 is 6.42. The summed E-state index contributed by atoms with van der Waals surface area (Å²) in [4.78, 5) is 11.8. The number of aromatic nitrogens is 2. The smallest absolute Gasteiger partial charge is 0.336 e. The van der Waals surface area contributed by atoms with Crippen LogP contribution in [-0.4, -0.2) is 34.6 Å². The van der Waals surface area contributed by atoms with Crippen molar-refractivity contribution in [2.75, 3.05) is 13.7 Å². The van der Waals surface area contributed by atoms with E-state index in [4.69, 9.17) is 30.9 Å². The molecule has 8 heteroatoms. The Bertz CT molecular complexity index is 1620. The first-order valence-electron chi connectivity index (χ1n) is 14.2. The van der Waals surface area contributed by atoms with Crippen molar-refractivity contribution in [2.45, 2.75) is 52.7 Å². The Morgan fingerprint density at radius 2 is 1.98 bits per heavy atom. The Labute approximate surface area is 251 Å². The van der Waals surface area contributed by atoms with Gasteiger partial charge in [-0.15, -0.1) is 0 Å². The molecule has 218 valence electrons. The van der Waals surface area contributed by atoms with Crippen molar-refractivity contribution in [1.82, 2.24) is 9.78 Å². The molecule has 0 saturated heterocycles. The van der Waals surface area contributed by atoms with Crippen LogP contribution in [-0.2, 0) is 26.0 Å².